The summed E-state index contributed by atoms with van der Waals surface area (Å²) >= 11 is 0. The fourth-order valence-electron chi connectivity index (χ4n) is 1.99. The fraction of sp³-hybridized carbons (Fsp3) is 0.267. The highest BCUT2D eigenvalue weighted by molar-refractivity contribution is 5.98. The summed E-state index contributed by atoms with van der Waals surface area (Å²) in [6.07, 6.45) is 2.24. The number of ether oxygens (including phenoxy) is 1. The number of carbonyl (C=O) groups excluding carboxylic acids is 1. The number of benzene rings is 1. The maximum absolute atomic E-state index is 12.2. The van der Waals surface area contributed by atoms with Crippen LogP contribution in [0.1, 0.15) is 23.0 Å². The summed E-state index contributed by atoms with van der Waals surface area (Å²) in [7, 11) is 1.52. The van der Waals surface area contributed by atoms with Gasteiger partial charge >= 0.3 is 0 Å². The molecule has 0 aliphatic rings. The minimum atomic E-state index is -0.215. The Morgan fingerprint density at radius 3 is 2.90 bits per heavy atom. The Morgan fingerprint density at radius 1 is 1.45 bits per heavy atom. The second kappa shape index (κ2) is 6.14. The fourth-order valence-corrected chi connectivity index (χ4v) is 1.99. The quantitative estimate of drug-likeness (QED) is 0.820. The number of rotatable bonds is 5. The van der Waals surface area contributed by atoms with Gasteiger partial charge < -0.3 is 20.2 Å². The predicted octanol–water partition coefficient (Wildman–Crippen LogP) is 2.23. The Bertz CT molecular complexity index is 579. The van der Waals surface area contributed by atoms with Crippen LogP contribution in [-0.2, 0) is 6.42 Å². The Balaban J connectivity index is 2.06. The monoisotopic (exact) mass is 274 g/mol. The van der Waals surface area contributed by atoms with Crippen molar-refractivity contribution in [2.75, 3.05) is 12.8 Å². The number of hydrogen-bond donors (Lipinski definition) is 2. The summed E-state index contributed by atoms with van der Waals surface area (Å²) in [4.78, 5) is 12.2. The molecule has 1 amide bonds. The summed E-state index contributed by atoms with van der Waals surface area (Å²) in [5.41, 5.74) is 6.66. The van der Waals surface area contributed by atoms with Gasteiger partial charge in [0.2, 0.25) is 0 Å². The molecule has 106 valence electrons. The van der Waals surface area contributed by atoms with E-state index in [1.54, 1.807) is 24.5 Å². The van der Waals surface area contributed by atoms with Crippen molar-refractivity contribution in [3.05, 3.63) is 47.9 Å². The van der Waals surface area contributed by atoms with Crippen LogP contribution in [0, 0.1) is 0 Å². The van der Waals surface area contributed by atoms with Crippen molar-refractivity contribution < 1.29 is 13.9 Å². The van der Waals surface area contributed by atoms with Gasteiger partial charge in [-0.2, -0.15) is 0 Å². The summed E-state index contributed by atoms with van der Waals surface area (Å²) in [5.74, 6) is 1.12. The van der Waals surface area contributed by atoms with Crippen LogP contribution in [0.3, 0.4) is 0 Å². The highest BCUT2D eigenvalue weighted by Gasteiger charge is 2.15. The van der Waals surface area contributed by atoms with Crippen molar-refractivity contribution in [3.8, 4) is 5.75 Å². The van der Waals surface area contributed by atoms with E-state index < -0.39 is 0 Å². The van der Waals surface area contributed by atoms with Crippen LogP contribution >= 0.6 is 0 Å². The zero-order valence-electron chi connectivity index (χ0n) is 11.6. The summed E-state index contributed by atoms with van der Waals surface area (Å²) in [5, 5.41) is 2.90. The van der Waals surface area contributed by atoms with Crippen molar-refractivity contribution >= 4 is 11.6 Å². The number of furan rings is 1. The van der Waals surface area contributed by atoms with Crippen LogP contribution in [0.2, 0.25) is 0 Å². The molecule has 0 saturated carbocycles. The molecule has 2 rings (SSSR count). The number of carbonyl (C=O) groups is 1. The first-order valence-electron chi connectivity index (χ1n) is 6.37. The first-order chi connectivity index (χ1) is 9.60. The minimum absolute atomic E-state index is 0.0558. The molecule has 0 aliphatic heterocycles. The van der Waals surface area contributed by atoms with E-state index in [0.29, 0.717) is 23.4 Å². The molecule has 1 unspecified atom stereocenters. The molecule has 1 aromatic heterocycles. The second-order valence-corrected chi connectivity index (χ2v) is 4.62. The first-order valence-corrected chi connectivity index (χ1v) is 6.37. The largest absolute Gasteiger partial charge is 0.496 e. The Kier molecular flexibility index (Phi) is 4.30. The summed E-state index contributed by atoms with van der Waals surface area (Å²) in [6.45, 7) is 1.92. The molecule has 0 bridgehead atoms. The normalized spacial score (nSPS) is 11.9. The molecule has 1 aromatic carbocycles. The van der Waals surface area contributed by atoms with Gasteiger partial charge in [0.15, 0.2) is 0 Å². The molecule has 0 radical (unpaired) electrons. The third-order valence-corrected chi connectivity index (χ3v) is 2.93. The van der Waals surface area contributed by atoms with E-state index in [-0.39, 0.29) is 11.9 Å². The average Bonchev–Trinajstić information content (AvgIpc) is 2.91. The number of nitrogen functional groups attached to an aromatic ring is 1. The zero-order valence-corrected chi connectivity index (χ0v) is 11.6. The maximum atomic E-state index is 12.2. The SMILES string of the molecule is COc1ccc(N)cc1C(=O)NC(C)Cc1ccco1. The summed E-state index contributed by atoms with van der Waals surface area (Å²) < 4.78 is 10.4. The lowest BCUT2D eigenvalue weighted by Crippen LogP contribution is -2.34. The molecule has 3 N–H and O–H groups in total. The van der Waals surface area contributed by atoms with Gasteiger partial charge in [-0.15, -0.1) is 0 Å². The number of nitrogens with one attached hydrogen (secondary N) is 1. The van der Waals surface area contributed by atoms with E-state index >= 15 is 0 Å². The standard InChI is InChI=1S/C15H18N2O3/c1-10(8-12-4-3-7-20-12)17-15(18)13-9-11(16)5-6-14(13)19-2/h3-7,9-10H,8,16H2,1-2H3,(H,17,18). The topological polar surface area (TPSA) is 77.5 Å². The van der Waals surface area contributed by atoms with Gasteiger partial charge in [-0.25, -0.2) is 0 Å². The predicted molar refractivity (Wildman–Crippen MR) is 76.7 cm³/mol. The molecule has 0 spiro atoms. The third-order valence-electron chi connectivity index (χ3n) is 2.93. The van der Waals surface area contributed by atoms with Crippen molar-refractivity contribution in [1.82, 2.24) is 5.32 Å². The third kappa shape index (κ3) is 3.32. The molecule has 0 aliphatic carbocycles. The van der Waals surface area contributed by atoms with E-state index in [0.717, 1.165) is 5.76 Å². The molecule has 2 aromatic rings. The molecular formula is C15H18N2O3. The van der Waals surface area contributed by atoms with Crippen LogP contribution in [0.15, 0.2) is 41.0 Å². The lowest BCUT2D eigenvalue weighted by atomic mass is 10.1. The molecule has 1 heterocycles. The molecule has 0 fully saturated rings. The van der Waals surface area contributed by atoms with Gasteiger partial charge in [-0.05, 0) is 37.3 Å². The van der Waals surface area contributed by atoms with Crippen molar-refractivity contribution in [2.24, 2.45) is 0 Å². The van der Waals surface area contributed by atoms with Crippen LogP contribution in [0.5, 0.6) is 5.75 Å². The van der Waals surface area contributed by atoms with E-state index in [1.807, 2.05) is 19.1 Å². The van der Waals surface area contributed by atoms with Gasteiger partial charge in [-0.1, -0.05) is 0 Å². The van der Waals surface area contributed by atoms with E-state index in [4.69, 9.17) is 14.9 Å². The van der Waals surface area contributed by atoms with Crippen LogP contribution in [0.25, 0.3) is 0 Å². The molecule has 20 heavy (non-hydrogen) atoms. The molecule has 5 nitrogen and oxygen atoms in total. The van der Waals surface area contributed by atoms with Gasteiger partial charge in [0, 0.05) is 18.2 Å². The number of hydrogen-bond acceptors (Lipinski definition) is 4. The van der Waals surface area contributed by atoms with Crippen LogP contribution in [0.4, 0.5) is 5.69 Å². The molecule has 1 atom stereocenters. The highest BCUT2D eigenvalue weighted by Crippen LogP contribution is 2.21. The lowest BCUT2D eigenvalue weighted by Gasteiger charge is -2.14. The number of methoxy groups -OCH3 is 1. The number of nitrogens with two attached hydrogens (primary N) is 1. The van der Waals surface area contributed by atoms with Gasteiger partial charge in [0.1, 0.15) is 11.5 Å². The Hall–Kier alpha value is -2.43. The lowest BCUT2D eigenvalue weighted by molar-refractivity contribution is 0.0936. The Morgan fingerprint density at radius 2 is 2.25 bits per heavy atom. The number of anilines is 1. The highest BCUT2D eigenvalue weighted by atomic mass is 16.5. The van der Waals surface area contributed by atoms with Crippen LogP contribution < -0.4 is 15.8 Å². The average molecular weight is 274 g/mol. The van der Waals surface area contributed by atoms with E-state index in [2.05, 4.69) is 5.32 Å². The second-order valence-electron chi connectivity index (χ2n) is 4.62. The van der Waals surface area contributed by atoms with E-state index in [9.17, 15) is 4.79 Å². The zero-order chi connectivity index (χ0) is 14.5. The molecular weight excluding hydrogens is 256 g/mol. The van der Waals surface area contributed by atoms with Crippen molar-refractivity contribution in [1.29, 1.82) is 0 Å². The molecule has 5 heteroatoms. The van der Waals surface area contributed by atoms with Crippen molar-refractivity contribution in [3.63, 3.8) is 0 Å². The smallest absolute Gasteiger partial charge is 0.255 e. The first kappa shape index (κ1) is 14.0. The maximum Gasteiger partial charge on any atom is 0.255 e. The van der Waals surface area contributed by atoms with Gasteiger partial charge in [0.05, 0.1) is 18.9 Å². The summed E-state index contributed by atoms with van der Waals surface area (Å²) in [6, 6.07) is 8.63. The Labute approximate surface area is 117 Å². The van der Waals surface area contributed by atoms with Crippen molar-refractivity contribution in [2.45, 2.75) is 19.4 Å². The van der Waals surface area contributed by atoms with Gasteiger partial charge in [-0.3, -0.25) is 4.79 Å². The van der Waals surface area contributed by atoms with E-state index in [1.165, 1.54) is 7.11 Å². The van der Waals surface area contributed by atoms with Crippen LogP contribution in [-0.4, -0.2) is 19.1 Å². The minimum Gasteiger partial charge on any atom is -0.496 e. The molecule has 0 saturated heterocycles. The van der Waals surface area contributed by atoms with Gasteiger partial charge in [0.25, 0.3) is 5.91 Å². The number of amides is 1.